The molecule has 3 aromatic rings. The SMILES string of the molecule is CCc1oc2ccccc2c1CNc1cccc(Cl)c1Cl. The number of aryl methyl sites for hydroxylation is 1. The summed E-state index contributed by atoms with van der Waals surface area (Å²) in [6, 6.07) is 13.6. The third-order valence-electron chi connectivity index (χ3n) is 3.51. The number of halogens is 2. The van der Waals surface area contributed by atoms with E-state index in [0.29, 0.717) is 16.6 Å². The molecule has 0 unspecified atom stereocenters. The van der Waals surface area contributed by atoms with Crippen LogP contribution in [0.25, 0.3) is 11.0 Å². The molecule has 3 rings (SSSR count). The summed E-state index contributed by atoms with van der Waals surface area (Å²) in [7, 11) is 0. The lowest BCUT2D eigenvalue weighted by Gasteiger charge is -2.09. The molecule has 0 aliphatic heterocycles. The number of nitrogens with one attached hydrogen (secondary N) is 1. The Morgan fingerprint density at radius 1 is 1.05 bits per heavy atom. The Morgan fingerprint density at radius 3 is 2.67 bits per heavy atom. The molecule has 0 fully saturated rings. The van der Waals surface area contributed by atoms with Crippen LogP contribution >= 0.6 is 23.2 Å². The van der Waals surface area contributed by atoms with Crippen LogP contribution in [0.5, 0.6) is 0 Å². The normalized spacial score (nSPS) is 11.0. The Hall–Kier alpha value is -1.64. The molecule has 108 valence electrons. The lowest BCUT2D eigenvalue weighted by atomic mass is 10.1. The van der Waals surface area contributed by atoms with Gasteiger partial charge in [-0.3, -0.25) is 0 Å². The van der Waals surface area contributed by atoms with Crippen molar-refractivity contribution in [1.82, 2.24) is 0 Å². The predicted octanol–water partition coefficient (Wildman–Crippen LogP) is 5.91. The molecule has 2 nitrogen and oxygen atoms in total. The van der Waals surface area contributed by atoms with Crippen LogP contribution in [-0.4, -0.2) is 0 Å². The van der Waals surface area contributed by atoms with Crippen LogP contribution in [0.3, 0.4) is 0 Å². The summed E-state index contributed by atoms with van der Waals surface area (Å²) in [5, 5.41) is 5.58. The summed E-state index contributed by atoms with van der Waals surface area (Å²) in [5.41, 5.74) is 2.92. The van der Waals surface area contributed by atoms with Crippen molar-refractivity contribution in [3.63, 3.8) is 0 Å². The second kappa shape index (κ2) is 6.00. The number of furan rings is 1. The molecule has 0 aliphatic carbocycles. The molecule has 1 heterocycles. The van der Waals surface area contributed by atoms with Gasteiger partial charge in [-0.15, -0.1) is 0 Å². The van der Waals surface area contributed by atoms with Gasteiger partial charge in [0.15, 0.2) is 0 Å². The number of para-hydroxylation sites is 1. The summed E-state index contributed by atoms with van der Waals surface area (Å²) in [6.45, 7) is 2.74. The average Bonchev–Trinajstić information content (AvgIpc) is 2.86. The zero-order valence-corrected chi connectivity index (χ0v) is 13.1. The van der Waals surface area contributed by atoms with E-state index in [9.17, 15) is 0 Å². The smallest absolute Gasteiger partial charge is 0.134 e. The molecule has 0 aliphatic rings. The van der Waals surface area contributed by atoms with Crippen molar-refractivity contribution in [1.29, 1.82) is 0 Å². The number of hydrogen-bond donors (Lipinski definition) is 1. The average molecular weight is 320 g/mol. The van der Waals surface area contributed by atoms with Crippen molar-refractivity contribution in [2.45, 2.75) is 19.9 Å². The molecular weight excluding hydrogens is 305 g/mol. The quantitative estimate of drug-likeness (QED) is 0.646. The Bertz CT molecular complexity index is 780. The van der Waals surface area contributed by atoms with Crippen molar-refractivity contribution >= 4 is 39.9 Å². The van der Waals surface area contributed by atoms with Gasteiger partial charge in [0.2, 0.25) is 0 Å². The van der Waals surface area contributed by atoms with E-state index in [1.165, 1.54) is 5.56 Å². The molecule has 0 radical (unpaired) electrons. The van der Waals surface area contributed by atoms with Gasteiger partial charge in [-0.05, 0) is 18.2 Å². The lowest BCUT2D eigenvalue weighted by molar-refractivity contribution is 0.551. The number of fused-ring (bicyclic) bond motifs is 1. The molecule has 0 amide bonds. The first-order valence-electron chi connectivity index (χ1n) is 6.88. The number of hydrogen-bond acceptors (Lipinski definition) is 2. The molecule has 21 heavy (non-hydrogen) atoms. The molecule has 1 N–H and O–H groups in total. The molecule has 1 aromatic heterocycles. The van der Waals surface area contributed by atoms with Gasteiger partial charge in [0, 0.05) is 23.9 Å². The topological polar surface area (TPSA) is 25.2 Å². The lowest BCUT2D eigenvalue weighted by Crippen LogP contribution is -2.01. The van der Waals surface area contributed by atoms with Gasteiger partial charge in [0.05, 0.1) is 15.7 Å². The van der Waals surface area contributed by atoms with Crippen molar-refractivity contribution in [3.8, 4) is 0 Å². The Balaban J connectivity index is 1.93. The summed E-state index contributed by atoms with van der Waals surface area (Å²) in [4.78, 5) is 0. The van der Waals surface area contributed by atoms with Gasteiger partial charge in [0.1, 0.15) is 11.3 Å². The number of benzene rings is 2. The first-order chi connectivity index (χ1) is 10.2. The van der Waals surface area contributed by atoms with Crippen LogP contribution in [0, 0.1) is 0 Å². The third-order valence-corrected chi connectivity index (χ3v) is 4.33. The van der Waals surface area contributed by atoms with E-state index in [0.717, 1.165) is 28.8 Å². The maximum absolute atomic E-state index is 6.21. The Kier molecular flexibility index (Phi) is 4.09. The van der Waals surface area contributed by atoms with E-state index in [4.69, 9.17) is 27.6 Å². The van der Waals surface area contributed by atoms with Gasteiger partial charge in [-0.1, -0.05) is 54.4 Å². The van der Waals surface area contributed by atoms with Crippen LogP contribution < -0.4 is 5.32 Å². The maximum Gasteiger partial charge on any atom is 0.134 e. The fourth-order valence-corrected chi connectivity index (χ4v) is 2.82. The summed E-state index contributed by atoms with van der Waals surface area (Å²) < 4.78 is 5.89. The molecule has 0 atom stereocenters. The largest absolute Gasteiger partial charge is 0.461 e. The van der Waals surface area contributed by atoms with E-state index in [2.05, 4.69) is 18.3 Å². The fourth-order valence-electron chi connectivity index (χ4n) is 2.45. The van der Waals surface area contributed by atoms with E-state index in [1.54, 1.807) is 6.07 Å². The molecule has 0 saturated heterocycles. The van der Waals surface area contributed by atoms with E-state index < -0.39 is 0 Å². The monoisotopic (exact) mass is 319 g/mol. The molecule has 2 aromatic carbocycles. The predicted molar refractivity (Wildman–Crippen MR) is 89.4 cm³/mol. The third kappa shape index (κ3) is 2.74. The molecule has 0 saturated carbocycles. The standard InChI is InChI=1S/C17H15Cl2NO/c1-2-15-12(11-6-3-4-9-16(11)21-15)10-20-14-8-5-7-13(18)17(14)19/h3-9,20H,2,10H2,1H3. The summed E-state index contributed by atoms with van der Waals surface area (Å²) in [5.74, 6) is 1.00. The first-order valence-corrected chi connectivity index (χ1v) is 7.63. The molecule has 0 spiro atoms. The van der Waals surface area contributed by atoms with Crippen LogP contribution in [-0.2, 0) is 13.0 Å². The highest BCUT2D eigenvalue weighted by Gasteiger charge is 2.13. The fraction of sp³-hybridized carbons (Fsp3) is 0.176. The first kappa shape index (κ1) is 14.3. The number of rotatable bonds is 4. The van der Waals surface area contributed by atoms with Crippen LogP contribution in [0.4, 0.5) is 5.69 Å². The number of anilines is 1. The highest BCUT2D eigenvalue weighted by atomic mass is 35.5. The maximum atomic E-state index is 6.21. The van der Waals surface area contributed by atoms with E-state index in [-0.39, 0.29) is 0 Å². The summed E-state index contributed by atoms with van der Waals surface area (Å²) >= 11 is 12.2. The van der Waals surface area contributed by atoms with Crippen molar-refractivity contribution < 1.29 is 4.42 Å². The zero-order valence-electron chi connectivity index (χ0n) is 11.6. The second-order valence-electron chi connectivity index (χ2n) is 4.81. The minimum Gasteiger partial charge on any atom is -0.461 e. The second-order valence-corrected chi connectivity index (χ2v) is 5.59. The van der Waals surface area contributed by atoms with Crippen LogP contribution in [0.15, 0.2) is 46.9 Å². The van der Waals surface area contributed by atoms with Crippen LogP contribution in [0.1, 0.15) is 18.2 Å². The van der Waals surface area contributed by atoms with Crippen molar-refractivity contribution in [3.05, 3.63) is 63.8 Å². The molecule has 0 bridgehead atoms. The van der Waals surface area contributed by atoms with Gasteiger partial charge in [-0.2, -0.15) is 0 Å². The molecule has 4 heteroatoms. The van der Waals surface area contributed by atoms with Gasteiger partial charge in [0.25, 0.3) is 0 Å². The minimum absolute atomic E-state index is 0.546. The minimum atomic E-state index is 0.546. The van der Waals surface area contributed by atoms with Gasteiger partial charge >= 0.3 is 0 Å². The van der Waals surface area contributed by atoms with Gasteiger partial charge in [-0.25, -0.2) is 0 Å². The van der Waals surface area contributed by atoms with Crippen molar-refractivity contribution in [2.24, 2.45) is 0 Å². The van der Waals surface area contributed by atoms with E-state index in [1.807, 2.05) is 30.3 Å². The highest BCUT2D eigenvalue weighted by Crippen LogP contribution is 2.31. The van der Waals surface area contributed by atoms with E-state index >= 15 is 0 Å². The van der Waals surface area contributed by atoms with Crippen molar-refractivity contribution in [2.75, 3.05) is 5.32 Å². The van der Waals surface area contributed by atoms with Crippen LogP contribution in [0.2, 0.25) is 10.0 Å². The highest BCUT2D eigenvalue weighted by molar-refractivity contribution is 6.43. The Labute approximate surface area is 133 Å². The Morgan fingerprint density at radius 2 is 1.86 bits per heavy atom. The molecular formula is C17H15Cl2NO. The zero-order chi connectivity index (χ0) is 14.8. The van der Waals surface area contributed by atoms with Gasteiger partial charge < -0.3 is 9.73 Å². The summed E-state index contributed by atoms with van der Waals surface area (Å²) in [6.07, 6.45) is 0.856.